The van der Waals surface area contributed by atoms with Crippen molar-refractivity contribution in [2.45, 2.75) is 20.8 Å². The van der Waals surface area contributed by atoms with E-state index in [1.807, 2.05) is 13.8 Å². The first-order valence-corrected chi connectivity index (χ1v) is 9.60. The van der Waals surface area contributed by atoms with Gasteiger partial charge in [-0.25, -0.2) is 0 Å². The molecule has 1 aliphatic rings. The Morgan fingerprint density at radius 3 is 2.48 bits per heavy atom. The molecule has 1 saturated heterocycles. The topological polar surface area (TPSA) is 82.1 Å². The molecule has 0 bridgehead atoms. The smallest absolute Gasteiger partial charge is 0.326 e. The van der Waals surface area contributed by atoms with Gasteiger partial charge in [-0.15, -0.1) is 0 Å². The molecule has 27 heavy (non-hydrogen) atoms. The maximum Gasteiger partial charge on any atom is 0.326 e. The fraction of sp³-hybridized carbons (Fsp3) is 0.389. The number of rotatable bonds is 8. The summed E-state index contributed by atoms with van der Waals surface area (Å²) in [5.74, 6) is -0.317. The van der Waals surface area contributed by atoms with E-state index in [1.54, 1.807) is 19.1 Å². The maximum atomic E-state index is 12.4. The third-order valence-corrected chi connectivity index (χ3v) is 4.57. The standard InChI is InChI=1S/C18H20ClNO6S/c1-4-24-13-8-11(7-12(19)16(13)26-6-3)9-14-17(22)20(18(23)27-14)10-15(21)25-5-2/h7-9H,4-6,10H2,1-3H3/b14-9-. The Morgan fingerprint density at radius 2 is 1.85 bits per heavy atom. The number of benzene rings is 1. The number of imide groups is 1. The molecule has 1 aliphatic heterocycles. The minimum absolute atomic E-state index is 0.176. The van der Waals surface area contributed by atoms with Gasteiger partial charge < -0.3 is 14.2 Å². The molecule has 0 spiro atoms. The highest BCUT2D eigenvalue weighted by molar-refractivity contribution is 8.18. The fourth-order valence-electron chi connectivity index (χ4n) is 2.34. The Hall–Kier alpha value is -2.19. The minimum atomic E-state index is -0.635. The average molecular weight is 414 g/mol. The SMILES string of the molecule is CCOC(=O)CN1C(=O)S/C(=C\c2cc(Cl)c(OCC)c(OCC)c2)C1=O. The van der Waals surface area contributed by atoms with Gasteiger partial charge >= 0.3 is 5.97 Å². The van der Waals surface area contributed by atoms with Gasteiger partial charge in [0.15, 0.2) is 11.5 Å². The van der Waals surface area contributed by atoms with E-state index in [4.69, 9.17) is 25.8 Å². The highest BCUT2D eigenvalue weighted by Gasteiger charge is 2.36. The molecule has 0 radical (unpaired) electrons. The van der Waals surface area contributed by atoms with Crippen LogP contribution in [0.4, 0.5) is 4.79 Å². The zero-order valence-corrected chi connectivity index (χ0v) is 16.8. The van der Waals surface area contributed by atoms with Crippen LogP contribution in [0.1, 0.15) is 26.3 Å². The lowest BCUT2D eigenvalue weighted by atomic mass is 10.1. The lowest BCUT2D eigenvalue weighted by Gasteiger charge is -2.13. The number of nitrogens with zero attached hydrogens (tertiary/aromatic N) is 1. The predicted octanol–water partition coefficient (Wildman–Crippen LogP) is 3.74. The van der Waals surface area contributed by atoms with Crippen molar-refractivity contribution in [3.63, 3.8) is 0 Å². The molecule has 1 fully saturated rings. The van der Waals surface area contributed by atoms with Gasteiger partial charge in [0.25, 0.3) is 11.1 Å². The minimum Gasteiger partial charge on any atom is -0.490 e. The van der Waals surface area contributed by atoms with Crippen molar-refractivity contribution in [1.82, 2.24) is 4.90 Å². The zero-order valence-electron chi connectivity index (χ0n) is 15.2. The van der Waals surface area contributed by atoms with Crippen LogP contribution in [0.5, 0.6) is 11.5 Å². The number of esters is 1. The summed E-state index contributed by atoms with van der Waals surface area (Å²) in [6, 6.07) is 3.30. The summed E-state index contributed by atoms with van der Waals surface area (Å²) < 4.78 is 15.8. The van der Waals surface area contributed by atoms with Crippen LogP contribution in [0.3, 0.4) is 0 Å². The molecule has 9 heteroatoms. The summed E-state index contributed by atoms with van der Waals surface area (Å²) in [5.41, 5.74) is 0.577. The first-order chi connectivity index (χ1) is 12.9. The Morgan fingerprint density at radius 1 is 1.15 bits per heavy atom. The van der Waals surface area contributed by atoms with E-state index in [0.717, 1.165) is 16.7 Å². The van der Waals surface area contributed by atoms with Crippen LogP contribution in [0.2, 0.25) is 5.02 Å². The lowest BCUT2D eigenvalue weighted by Crippen LogP contribution is -2.34. The summed E-state index contributed by atoms with van der Waals surface area (Å²) in [6.45, 7) is 5.91. The molecule has 2 amide bonds. The highest BCUT2D eigenvalue weighted by atomic mass is 35.5. The number of amides is 2. The number of carbonyl (C=O) groups excluding carboxylic acids is 3. The first kappa shape index (κ1) is 21.1. The van der Waals surface area contributed by atoms with Crippen molar-refractivity contribution in [1.29, 1.82) is 0 Å². The van der Waals surface area contributed by atoms with Gasteiger partial charge in [0.05, 0.1) is 29.7 Å². The van der Waals surface area contributed by atoms with Crippen molar-refractivity contribution >= 4 is 46.6 Å². The Balaban J connectivity index is 2.29. The van der Waals surface area contributed by atoms with E-state index < -0.39 is 23.7 Å². The van der Waals surface area contributed by atoms with Crippen molar-refractivity contribution in [3.05, 3.63) is 27.6 Å². The molecular formula is C18H20ClNO6S. The van der Waals surface area contributed by atoms with E-state index in [1.165, 1.54) is 6.08 Å². The molecule has 146 valence electrons. The third kappa shape index (κ3) is 5.17. The van der Waals surface area contributed by atoms with E-state index in [0.29, 0.717) is 35.3 Å². The molecule has 1 aromatic rings. The van der Waals surface area contributed by atoms with E-state index in [2.05, 4.69) is 0 Å². The highest BCUT2D eigenvalue weighted by Crippen LogP contribution is 2.39. The molecular weight excluding hydrogens is 394 g/mol. The number of halogens is 1. The first-order valence-electron chi connectivity index (χ1n) is 8.41. The zero-order chi connectivity index (χ0) is 20.0. The van der Waals surface area contributed by atoms with Crippen molar-refractivity contribution in [3.8, 4) is 11.5 Å². The molecule has 0 aliphatic carbocycles. The number of thioether (sulfide) groups is 1. The largest absolute Gasteiger partial charge is 0.490 e. The Labute approximate surface area is 166 Å². The van der Waals surface area contributed by atoms with Gasteiger partial charge in [-0.1, -0.05) is 11.6 Å². The van der Waals surface area contributed by atoms with Gasteiger partial charge in [0.2, 0.25) is 0 Å². The molecule has 2 rings (SSSR count). The van der Waals surface area contributed by atoms with Gasteiger partial charge in [-0.2, -0.15) is 0 Å². The number of hydrogen-bond donors (Lipinski definition) is 0. The fourth-order valence-corrected chi connectivity index (χ4v) is 3.45. The maximum absolute atomic E-state index is 12.4. The lowest BCUT2D eigenvalue weighted by molar-refractivity contribution is -0.145. The monoisotopic (exact) mass is 413 g/mol. The van der Waals surface area contributed by atoms with Crippen LogP contribution in [0.15, 0.2) is 17.0 Å². The van der Waals surface area contributed by atoms with Crippen molar-refractivity contribution < 1.29 is 28.6 Å². The number of ether oxygens (including phenoxy) is 3. The molecule has 0 atom stereocenters. The summed E-state index contributed by atoms with van der Waals surface area (Å²) >= 11 is 7.02. The number of carbonyl (C=O) groups is 3. The van der Waals surface area contributed by atoms with Gasteiger partial charge in [0.1, 0.15) is 6.54 Å². The van der Waals surface area contributed by atoms with E-state index in [9.17, 15) is 14.4 Å². The second kappa shape index (κ2) is 9.66. The van der Waals surface area contributed by atoms with Crippen LogP contribution in [-0.2, 0) is 14.3 Å². The van der Waals surface area contributed by atoms with Crippen LogP contribution >= 0.6 is 23.4 Å². The molecule has 0 aromatic heterocycles. The molecule has 0 N–H and O–H groups in total. The number of hydrogen-bond acceptors (Lipinski definition) is 7. The molecule has 1 heterocycles. The Kier molecular flexibility index (Phi) is 7.55. The summed E-state index contributed by atoms with van der Waals surface area (Å²) in [5, 5.41) is -0.193. The average Bonchev–Trinajstić information content (AvgIpc) is 2.86. The van der Waals surface area contributed by atoms with Crippen LogP contribution < -0.4 is 9.47 Å². The van der Waals surface area contributed by atoms with E-state index >= 15 is 0 Å². The summed E-state index contributed by atoms with van der Waals surface area (Å²) in [7, 11) is 0. The Bertz CT molecular complexity index is 779. The second-order valence-corrected chi connectivity index (χ2v) is 6.67. The molecule has 0 saturated carbocycles. The normalized spacial score (nSPS) is 15.4. The predicted molar refractivity (Wildman–Crippen MR) is 103 cm³/mol. The van der Waals surface area contributed by atoms with E-state index in [-0.39, 0.29) is 11.5 Å². The quantitative estimate of drug-likeness (QED) is 0.474. The van der Waals surface area contributed by atoms with Crippen LogP contribution in [-0.4, -0.2) is 48.4 Å². The van der Waals surface area contributed by atoms with Gasteiger partial charge in [-0.3, -0.25) is 19.3 Å². The van der Waals surface area contributed by atoms with Crippen LogP contribution in [0, 0.1) is 0 Å². The van der Waals surface area contributed by atoms with Crippen molar-refractivity contribution in [2.24, 2.45) is 0 Å². The second-order valence-electron chi connectivity index (χ2n) is 5.27. The molecule has 7 nitrogen and oxygen atoms in total. The molecule has 1 aromatic carbocycles. The summed E-state index contributed by atoms with van der Waals surface area (Å²) in [4.78, 5) is 37.1. The van der Waals surface area contributed by atoms with Crippen molar-refractivity contribution in [2.75, 3.05) is 26.4 Å². The molecule has 0 unspecified atom stereocenters. The third-order valence-electron chi connectivity index (χ3n) is 3.38. The van der Waals surface area contributed by atoms with Crippen LogP contribution in [0.25, 0.3) is 6.08 Å². The van der Waals surface area contributed by atoms with Gasteiger partial charge in [0, 0.05) is 0 Å². The summed E-state index contributed by atoms with van der Waals surface area (Å²) in [6.07, 6.45) is 1.53. The van der Waals surface area contributed by atoms with Gasteiger partial charge in [-0.05, 0) is 56.3 Å².